The summed E-state index contributed by atoms with van der Waals surface area (Å²) in [5, 5.41) is 20.5. The Morgan fingerprint density at radius 2 is 1.64 bits per heavy atom. The van der Waals surface area contributed by atoms with Crippen molar-refractivity contribution in [3.8, 4) is 5.75 Å². The van der Waals surface area contributed by atoms with Gasteiger partial charge in [0.2, 0.25) is 5.76 Å². The molecule has 8 nitrogen and oxygen atoms in total. The van der Waals surface area contributed by atoms with Gasteiger partial charge in [-0.25, -0.2) is 0 Å². The second-order valence-corrected chi connectivity index (χ2v) is 7.50. The van der Waals surface area contributed by atoms with E-state index in [1.54, 1.807) is 12.1 Å². The van der Waals surface area contributed by atoms with Gasteiger partial charge in [-0.3, -0.25) is 9.59 Å². The number of aliphatic hydroxyl groups is 2. The highest BCUT2D eigenvalue weighted by atomic mass is 16.7. The molecule has 0 bridgehead atoms. The second-order valence-electron chi connectivity index (χ2n) is 7.50. The van der Waals surface area contributed by atoms with Crippen LogP contribution < -0.4 is 4.74 Å². The third kappa shape index (κ3) is 5.39. The summed E-state index contributed by atoms with van der Waals surface area (Å²) in [6.45, 7) is 8.29. The predicted octanol–water partition coefficient (Wildman–Crippen LogP) is 2.91. The molecule has 0 amide bonds. The molecule has 0 spiro atoms. The smallest absolute Gasteiger partial charge is 0.303 e. The molecule has 0 aliphatic carbocycles. The monoisotopic (exact) mass is 394 g/mol. The van der Waals surface area contributed by atoms with E-state index in [1.807, 2.05) is 12.1 Å². The number of hydrogen-bond donors (Lipinski definition) is 2. The highest BCUT2D eigenvalue weighted by molar-refractivity contribution is 5.67. The highest BCUT2D eigenvalue weighted by Crippen LogP contribution is 2.29. The molecule has 1 unspecified atom stereocenters. The minimum atomic E-state index is -1.35. The van der Waals surface area contributed by atoms with Crippen LogP contribution in [0.3, 0.4) is 0 Å². The van der Waals surface area contributed by atoms with Crippen molar-refractivity contribution in [3.63, 3.8) is 0 Å². The standard InChI is InChI=1S/C20H26O8/c1-11(21)25-10-15-18(26-12(2)22)16(23)17(24)19(28-15)27-14-8-6-13(7-9-14)20(3,4)5/h6-9,15,18-19,23-24H,10H2,1-5H3/t15-,18-,19?/m1/s1. The molecule has 0 radical (unpaired) electrons. The van der Waals surface area contributed by atoms with Crippen LogP contribution in [0.4, 0.5) is 0 Å². The number of aliphatic hydroxyl groups excluding tert-OH is 2. The van der Waals surface area contributed by atoms with Crippen molar-refractivity contribution in [1.29, 1.82) is 0 Å². The Hall–Kier alpha value is -2.74. The van der Waals surface area contributed by atoms with Crippen LogP contribution in [0, 0.1) is 0 Å². The lowest BCUT2D eigenvalue weighted by molar-refractivity contribution is -0.198. The van der Waals surface area contributed by atoms with Crippen molar-refractivity contribution in [3.05, 3.63) is 41.3 Å². The van der Waals surface area contributed by atoms with E-state index in [2.05, 4.69) is 20.8 Å². The van der Waals surface area contributed by atoms with Crippen molar-refractivity contribution < 1.29 is 38.7 Å². The third-order valence-corrected chi connectivity index (χ3v) is 4.10. The second kappa shape index (κ2) is 8.52. The SMILES string of the molecule is CC(=O)OC[C@H]1OC(Oc2ccc(C(C)(C)C)cc2)C(O)=C(O)[C@@H]1OC(C)=O. The zero-order chi connectivity index (χ0) is 21.1. The van der Waals surface area contributed by atoms with Gasteiger partial charge >= 0.3 is 11.9 Å². The molecule has 0 aromatic heterocycles. The van der Waals surface area contributed by atoms with Gasteiger partial charge in [0.05, 0.1) is 0 Å². The Kier molecular flexibility index (Phi) is 6.56. The van der Waals surface area contributed by atoms with Gasteiger partial charge in [-0.15, -0.1) is 0 Å². The van der Waals surface area contributed by atoms with Gasteiger partial charge in [0.1, 0.15) is 18.5 Å². The largest absolute Gasteiger partial charge is 0.505 e. The number of carbonyl (C=O) groups is 2. The minimum absolute atomic E-state index is 0.0352. The van der Waals surface area contributed by atoms with Crippen molar-refractivity contribution >= 4 is 11.9 Å². The molecule has 0 fully saturated rings. The molecule has 1 aromatic carbocycles. The van der Waals surface area contributed by atoms with Crippen LogP contribution in [0.5, 0.6) is 5.75 Å². The van der Waals surface area contributed by atoms with Gasteiger partial charge in [-0.05, 0) is 23.1 Å². The molecule has 1 aromatic rings. The van der Waals surface area contributed by atoms with Gasteiger partial charge in [0.15, 0.2) is 11.9 Å². The van der Waals surface area contributed by atoms with E-state index in [4.69, 9.17) is 18.9 Å². The van der Waals surface area contributed by atoms with Crippen LogP contribution in [0.25, 0.3) is 0 Å². The molecule has 1 aliphatic heterocycles. The maximum absolute atomic E-state index is 11.3. The maximum Gasteiger partial charge on any atom is 0.303 e. The molecule has 154 valence electrons. The number of benzene rings is 1. The average molecular weight is 394 g/mol. The van der Waals surface area contributed by atoms with Crippen LogP contribution in [-0.4, -0.2) is 47.3 Å². The van der Waals surface area contributed by atoms with E-state index in [9.17, 15) is 19.8 Å². The van der Waals surface area contributed by atoms with E-state index in [-0.39, 0.29) is 12.0 Å². The molecule has 0 saturated carbocycles. The third-order valence-electron chi connectivity index (χ3n) is 4.10. The normalized spacial score (nSPS) is 22.5. The van der Waals surface area contributed by atoms with E-state index >= 15 is 0 Å². The lowest BCUT2D eigenvalue weighted by atomic mass is 9.87. The van der Waals surface area contributed by atoms with Crippen LogP contribution >= 0.6 is 0 Å². The molecule has 2 rings (SSSR count). The molecule has 0 saturated heterocycles. The molecular weight excluding hydrogens is 368 g/mol. The number of rotatable bonds is 5. The van der Waals surface area contributed by atoms with Crippen molar-refractivity contribution in [2.75, 3.05) is 6.61 Å². The summed E-state index contributed by atoms with van der Waals surface area (Å²) < 4.78 is 21.1. The lowest BCUT2D eigenvalue weighted by Crippen LogP contribution is -2.47. The zero-order valence-corrected chi connectivity index (χ0v) is 16.6. The Morgan fingerprint density at radius 3 is 2.14 bits per heavy atom. The first kappa shape index (κ1) is 21.6. The molecule has 8 heteroatoms. The molecule has 28 heavy (non-hydrogen) atoms. The van der Waals surface area contributed by atoms with Crippen LogP contribution in [-0.2, 0) is 29.2 Å². The minimum Gasteiger partial charge on any atom is -0.505 e. The van der Waals surface area contributed by atoms with E-state index in [1.165, 1.54) is 6.92 Å². The van der Waals surface area contributed by atoms with Gasteiger partial charge < -0.3 is 29.2 Å². The summed E-state index contributed by atoms with van der Waals surface area (Å²) in [6.07, 6.45) is -3.73. The average Bonchev–Trinajstić information content (AvgIpc) is 2.59. The summed E-state index contributed by atoms with van der Waals surface area (Å²) in [4.78, 5) is 22.4. The number of hydrogen-bond acceptors (Lipinski definition) is 8. The summed E-state index contributed by atoms with van der Waals surface area (Å²) in [7, 11) is 0. The van der Waals surface area contributed by atoms with E-state index in [0.29, 0.717) is 5.75 Å². The Bertz CT molecular complexity index is 744. The predicted molar refractivity (Wildman–Crippen MR) is 98.9 cm³/mol. The first-order chi connectivity index (χ1) is 13.0. The fraction of sp³-hybridized carbons (Fsp3) is 0.500. The number of ether oxygens (including phenoxy) is 4. The van der Waals surface area contributed by atoms with Gasteiger partial charge in [0.25, 0.3) is 6.29 Å². The van der Waals surface area contributed by atoms with Crippen molar-refractivity contribution in [2.45, 2.75) is 58.5 Å². The summed E-state index contributed by atoms with van der Waals surface area (Å²) in [5.74, 6) is -2.11. The zero-order valence-electron chi connectivity index (χ0n) is 16.6. The first-order valence-electron chi connectivity index (χ1n) is 8.84. The first-order valence-corrected chi connectivity index (χ1v) is 8.84. The Labute approximate surface area is 163 Å². The van der Waals surface area contributed by atoms with Crippen LogP contribution in [0.2, 0.25) is 0 Å². The molecule has 1 aliphatic rings. The summed E-state index contributed by atoms with van der Waals surface area (Å²) in [5.41, 5.74) is 1.06. The van der Waals surface area contributed by atoms with Crippen LogP contribution in [0.15, 0.2) is 35.8 Å². The van der Waals surface area contributed by atoms with Gasteiger partial charge in [-0.1, -0.05) is 32.9 Å². The fourth-order valence-electron chi connectivity index (χ4n) is 2.61. The van der Waals surface area contributed by atoms with Crippen molar-refractivity contribution in [1.82, 2.24) is 0 Å². The van der Waals surface area contributed by atoms with Gasteiger partial charge in [0, 0.05) is 13.8 Å². The number of carbonyl (C=O) groups excluding carboxylic acids is 2. The quantitative estimate of drug-likeness (QED) is 0.733. The topological polar surface area (TPSA) is 112 Å². The molecular formula is C20H26O8. The summed E-state index contributed by atoms with van der Waals surface area (Å²) >= 11 is 0. The van der Waals surface area contributed by atoms with Gasteiger partial charge in [-0.2, -0.15) is 0 Å². The van der Waals surface area contributed by atoms with Crippen LogP contribution in [0.1, 0.15) is 40.2 Å². The van der Waals surface area contributed by atoms with E-state index in [0.717, 1.165) is 12.5 Å². The molecule has 3 atom stereocenters. The molecule has 1 heterocycles. The lowest BCUT2D eigenvalue weighted by Gasteiger charge is -2.34. The molecule has 2 N–H and O–H groups in total. The van der Waals surface area contributed by atoms with Crippen molar-refractivity contribution in [2.24, 2.45) is 0 Å². The fourth-order valence-corrected chi connectivity index (χ4v) is 2.61. The number of esters is 2. The Balaban J connectivity index is 2.22. The summed E-state index contributed by atoms with van der Waals surface area (Å²) in [6, 6.07) is 7.20. The highest BCUT2D eigenvalue weighted by Gasteiger charge is 2.42. The maximum atomic E-state index is 11.3. The Morgan fingerprint density at radius 1 is 1.04 bits per heavy atom. The van der Waals surface area contributed by atoms with E-state index < -0.39 is 42.0 Å².